The van der Waals surface area contributed by atoms with Crippen LogP contribution in [0.3, 0.4) is 0 Å². The molecule has 2 amide bonds. The molecular weight excluding hydrogens is 455 g/mol. The van der Waals surface area contributed by atoms with Crippen LogP contribution >= 0.6 is 11.6 Å². The van der Waals surface area contributed by atoms with Crippen molar-refractivity contribution < 1.29 is 22.8 Å². The van der Waals surface area contributed by atoms with Gasteiger partial charge in [0, 0.05) is 49.9 Å². The summed E-state index contributed by atoms with van der Waals surface area (Å²) in [5.74, 6) is -2.02. The fraction of sp³-hybridized carbons (Fsp3) is 0.417. The number of anilines is 1. The van der Waals surface area contributed by atoms with E-state index < -0.39 is 29.5 Å². The Morgan fingerprint density at radius 1 is 0.939 bits per heavy atom. The van der Waals surface area contributed by atoms with Crippen molar-refractivity contribution in [2.45, 2.75) is 24.9 Å². The number of hydrogen-bond acceptors (Lipinski definition) is 4. The maximum atomic E-state index is 13.4. The molecule has 5 nitrogen and oxygen atoms in total. The van der Waals surface area contributed by atoms with Gasteiger partial charge in [-0.25, -0.2) is 0 Å². The van der Waals surface area contributed by atoms with Gasteiger partial charge in [-0.1, -0.05) is 35.9 Å². The van der Waals surface area contributed by atoms with E-state index in [1.807, 2.05) is 24.3 Å². The minimum atomic E-state index is -4.57. The van der Waals surface area contributed by atoms with Crippen molar-refractivity contribution in [2.24, 2.45) is 0 Å². The molecule has 1 atom stereocenters. The van der Waals surface area contributed by atoms with Gasteiger partial charge in [0.2, 0.25) is 11.8 Å². The standard InChI is InChI=1S/C24H25ClF3N3O2/c25-17-5-3-6-18(15-17)30-13-11-29(12-14-30)9-4-10-31-22(32)16-20(23(31)33)19-7-1-2-8-21(19)24(26,27)28/h1-3,5-8,15,20H,4,9-14,16H2. The SMILES string of the molecule is O=C1CC(c2ccccc2C(F)(F)F)C(=O)N1CCCN1CCN(c2cccc(Cl)c2)CC1. The number of carbonyl (C=O) groups is 2. The molecule has 0 aliphatic carbocycles. The van der Waals surface area contributed by atoms with Crippen molar-refractivity contribution in [3.63, 3.8) is 0 Å². The fourth-order valence-corrected chi connectivity index (χ4v) is 4.76. The Morgan fingerprint density at radius 2 is 1.67 bits per heavy atom. The molecule has 2 heterocycles. The number of piperazine rings is 1. The van der Waals surface area contributed by atoms with E-state index >= 15 is 0 Å². The first-order chi connectivity index (χ1) is 15.7. The van der Waals surface area contributed by atoms with Crippen LogP contribution in [0.4, 0.5) is 18.9 Å². The van der Waals surface area contributed by atoms with Gasteiger partial charge in [0.1, 0.15) is 0 Å². The van der Waals surface area contributed by atoms with Crippen molar-refractivity contribution in [2.75, 3.05) is 44.2 Å². The van der Waals surface area contributed by atoms with Crippen LogP contribution < -0.4 is 4.90 Å². The van der Waals surface area contributed by atoms with Crippen molar-refractivity contribution in [3.05, 3.63) is 64.7 Å². The van der Waals surface area contributed by atoms with Crippen molar-refractivity contribution >= 4 is 29.1 Å². The maximum Gasteiger partial charge on any atom is 0.416 e. The number of benzene rings is 2. The second-order valence-corrected chi connectivity index (χ2v) is 8.82. The number of likely N-dealkylation sites (tertiary alicyclic amines) is 1. The molecule has 0 aromatic heterocycles. The Bertz CT molecular complexity index is 1020. The second kappa shape index (κ2) is 9.73. The predicted octanol–water partition coefficient (Wildman–Crippen LogP) is 4.41. The smallest absolute Gasteiger partial charge is 0.369 e. The minimum Gasteiger partial charge on any atom is -0.369 e. The molecule has 0 N–H and O–H groups in total. The first-order valence-corrected chi connectivity index (χ1v) is 11.3. The summed E-state index contributed by atoms with van der Waals surface area (Å²) in [5, 5.41) is 0.700. The van der Waals surface area contributed by atoms with Gasteiger partial charge in [-0.05, 0) is 42.8 Å². The number of halogens is 4. The summed E-state index contributed by atoms with van der Waals surface area (Å²) < 4.78 is 40.1. The first kappa shape index (κ1) is 23.6. The van der Waals surface area contributed by atoms with Crippen molar-refractivity contribution in [1.82, 2.24) is 9.80 Å². The van der Waals surface area contributed by atoms with Gasteiger partial charge in [-0.3, -0.25) is 19.4 Å². The second-order valence-electron chi connectivity index (χ2n) is 8.39. The van der Waals surface area contributed by atoms with Gasteiger partial charge in [-0.2, -0.15) is 13.2 Å². The molecule has 4 rings (SSSR count). The molecule has 0 bridgehead atoms. The van der Waals surface area contributed by atoms with Crippen LogP contribution in [0.5, 0.6) is 0 Å². The van der Waals surface area contributed by atoms with Crippen molar-refractivity contribution in [3.8, 4) is 0 Å². The zero-order chi connectivity index (χ0) is 23.6. The summed E-state index contributed by atoms with van der Waals surface area (Å²) >= 11 is 6.07. The van der Waals surface area contributed by atoms with Crippen LogP contribution in [-0.4, -0.2) is 60.9 Å². The van der Waals surface area contributed by atoms with Gasteiger partial charge < -0.3 is 4.90 Å². The average molecular weight is 480 g/mol. The lowest BCUT2D eigenvalue weighted by Gasteiger charge is -2.36. The van der Waals surface area contributed by atoms with E-state index in [2.05, 4.69) is 9.80 Å². The number of hydrogen-bond donors (Lipinski definition) is 0. The molecule has 176 valence electrons. The van der Waals surface area contributed by atoms with Crippen LogP contribution in [0.2, 0.25) is 5.02 Å². The molecule has 33 heavy (non-hydrogen) atoms. The Kier molecular flexibility index (Phi) is 6.95. The largest absolute Gasteiger partial charge is 0.416 e. The van der Waals surface area contributed by atoms with Gasteiger partial charge in [-0.15, -0.1) is 0 Å². The summed E-state index contributed by atoms with van der Waals surface area (Å²) in [7, 11) is 0. The maximum absolute atomic E-state index is 13.4. The summed E-state index contributed by atoms with van der Waals surface area (Å²) in [5.41, 5.74) is 0.110. The number of amides is 2. The van der Waals surface area contributed by atoms with E-state index in [9.17, 15) is 22.8 Å². The number of carbonyl (C=O) groups excluding carboxylic acids is 2. The molecule has 9 heteroatoms. The third-order valence-corrected chi connectivity index (χ3v) is 6.52. The van der Waals surface area contributed by atoms with Crippen molar-refractivity contribution in [1.29, 1.82) is 0 Å². The lowest BCUT2D eigenvalue weighted by Crippen LogP contribution is -2.47. The van der Waals surface area contributed by atoms with Gasteiger partial charge in [0.15, 0.2) is 0 Å². The number of alkyl halides is 3. The van der Waals surface area contributed by atoms with E-state index in [0.717, 1.165) is 42.8 Å². The molecule has 2 aromatic carbocycles. The number of rotatable bonds is 6. The van der Waals surface area contributed by atoms with E-state index in [1.54, 1.807) is 0 Å². The molecule has 0 saturated carbocycles. The highest BCUT2D eigenvalue weighted by Gasteiger charge is 2.43. The lowest BCUT2D eigenvalue weighted by molar-refractivity contribution is -0.139. The highest BCUT2D eigenvalue weighted by Crippen LogP contribution is 2.39. The molecule has 2 aliphatic rings. The van der Waals surface area contributed by atoms with E-state index in [1.165, 1.54) is 18.2 Å². The monoisotopic (exact) mass is 479 g/mol. The zero-order valence-corrected chi connectivity index (χ0v) is 18.8. The van der Waals surface area contributed by atoms with Gasteiger partial charge in [0.05, 0.1) is 11.5 Å². The molecule has 2 saturated heterocycles. The molecule has 0 radical (unpaired) electrons. The highest BCUT2D eigenvalue weighted by atomic mass is 35.5. The topological polar surface area (TPSA) is 43.9 Å². The van der Waals surface area contributed by atoms with Gasteiger partial charge in [0.25, 0.3) is 0 Å². The summed E-state index contributed by atoms with van der Waals surface area (Å²) in [6.45, 7) is 4.31. The molecule has 2 fully saturated rings. The molecule has 0 spiro atoms. The predicted molar refractivity (Wildman–Crippen MR) is 120 cm³/mol. The van der Waals surface area contributed by atoms with Crippen LogP contribution in [-0.2, 0) is 15.8 Å². The van der Waals surface area contributed by atoms with Crippen LogP contribution in [0.25, 0.3) is 0 Å². The van der Waals surface area contributed by atoms with Gasteiger partial charge >= 0.3 is 6.18 Å². The Morgan fingerprint density at radius 3 is 2.36 bits per heavy atom. The quantitative estimate of drug-likeness (QED) is 0.576. The van der Waals surface area contributed by atoms with Crippen LogP contribution in [0.15, 0.2) is 48.5 Å². The Balaban J connectivity index is 1.30. The zero-order valence-electron chi connectivity index (χ0n) is 18.0. The third-order valence-electron chi connectivity index (χ3n) is 6.29. The average Bonchev–Trinajstić information content (AvgIpc) is 3.07. The number of imide groups is 1. The third kappa shape index (κ3) is 5.33. The molecular formula is C24H25ClF3N3O2. The Hall–Kier alpha value is -2.58. The molecule has 2 aliphatic heterocycles. The Labute approximate surface area is 195 Å². The van der Waals surface area contributed by atoms with E-state index in [-0.39, 0.29) is 18.5 Å². The molecule has 2 aromatic rings. The normalized spacial score (nSPS) is 20.1. The summed E-state index contributed by atoms with van der Waals surface area (Å²) in [4.78, 5) is 30.9. The summed E-state index contributed by atoms with van der Waals surface area (Å²) in [6, 6.07) is 12.7. The lowest BCUT2D eigenvalue weighted by atomic mass is 9.92. The van der Waals surface area contributed by atoms with Crippen LogP contribution in [0, 0.1) is 0 Å². The minimum absolute atomic E-state index is 0.122. The van der Waals surface area contributed by atoms with E-state index in [0.29, 0.717) is 18.0 Å². The summed E-state index contributed by atoms with van der Waals surface area (Å²) in [6.07, 6.45) is -4.20. The first-order valence-electron chi connectivity index (χ1n) is 11.0. The fourth-order valence-electron chi connectivity index (χ4n) is 4.57. The number of nitrogens with zero attached hydrogens (tertiary/aromatic N) is 3. The highest BCUT2D eigenvalue weighted by molar-refractivity contribution is 6.30. The van der Waals surface area contributed by atoms with Crippen LogP contribution in [0.1, 0.15) is 29.9 Å². The van der Waals surface area contributed by atoms with E-state index in [4.69, 9.17) is 11.6 Å². The molecule has 1 unspecified atom stereocenters.